The van der Waals surface area contributed by atoms with Crippen LogP contribution in [-0.2, 0) is 14.3 Å². The Kier molecular flexibility index (Phi) is 7.82. The van der Waals surface area contributed by atoms with Crippen molar-refractivity contribution in [2.24, 2.45) is 5.92 Å². The first kappa shape index (κ1) is 19.7. The fourth-order valence-electron chi connectivity index (χ4n) is 2.39. The van der Waals surface area contributed by atoms with Gasteiger partial charge in [0.05, 0.1) is 12.1 Å². The molecule has 1 fully saturated rings. The van der Waals surface area contributed by atoms with Gasteiger partial charge in [-0.1, -0.05) is 13.8 Å². The van der Waals surface area contributed by atoms with Crippen molar-refractivity contribution in [3.8, 4) is 0 Å². The molecule has 1 aliphatic heterocycles. The van der Waals surface area contributed by atoms with E-state index in [1.165, 1.54) is 0 Å². The largest absolute Gasteiger partial charge is 0.444 e. The standard InChI is InChI=1S/C17H32N2O4/c1-12(2)14(19-16(21)23-17(3,4)5)11-18-15(20)9-8-13-7-6-10-22-13/h12-14H,6-11H2,1-5H3,(H,18,20)(H,19,21). The zero-order valence-electron chi connectivity index (χ0n) is 15.1. The molecule has 0 bridgehead atoms. The summed E-state index contributed by atoms with van der Waals surface area (Å²) in [5.74, 6) is 0.193. The minimum atomic E-state index is -0.532. The first-order valence-electron chi connectivity index (χ1n) is 8.55. The molecule has 2 amide bonds. The van der Waals surface area contributed by atoms with E-state index in [9.17, 15) is 9.59 Å². The van der Waals surface area contributed by atoms with E-state index >= 15 is 0 Å². The highest BCUT2D eigenvalue weighted by Crippen LogP contribution is 2.16. The molecule has 2 atom stereocenters. The maximum atomic E-state index is 11.9. The predicted molar refractivity (Wildman–Crippen MR) is 89.2 cm³/mol. The minimum absolute atomic E-state index is 0.00265. The molecule has 0 aromatic heterocycles. The molecule has 0 radical (unpaired) electrons. The Morgan fingerprint density at radius 3 is 2.52 bits per heavy atom. The molecule has 2 unspecified atom stereocenters. The zero-order chi connectivity index (χ0) is 17.5. The molecule has 1 heterocycles. The summed E-state index contributed by atoms with van der Waals surface area (Å²) in [5.41, 5.74) is -0.532. The second-order valence-electron chi connectivity index (χ2n) is 7.47. The molecule has 6 heteroatoms. The highest BCUT2D eigenvalue weighted by molar-refractivity contribution is 5.76. The Hall–Kier alpha value is -1.30. The van der Waals surface area contributed by atoms with Crippen LogP contribution in [0.4, 0.5) is 4.79 Å². The lowest BCUT2D eigenvalue weighted by molar-refractivity contribution is -0.121. The summed E-state index contributed by atoms with van der Waals surface area (Å²) >= 11 is 0. The Bertz CT molecular complexity index is 385. The van der Waals surface area contributed by atoms with Gasteiger partial charge in [-0.15, -0.1) is 0 Å². The Labute approximate surface area is 139 Å². The van der Waals surface area contributed by atoms with Crippen LogP contribution in [0.1, 0.15) is 60.3 Å². The fourth-order valence-corrected chi connectivity index (χ4v) is 2.39. The number of ether oxygens (including phenoxy) is 2. The summed E-state index contributed by atoms with van der Waals surface area (Å²) in [6.07, 6.45) is 3.12. The van der Waals surface area contributed by atoms with Gasteiger partial charge in [-0.2, -0.15) is 0 Å². The van der Waals surface area contributed by atoms with E-state index in [1.807, 2.05) is 34.6 Å². The monoisotopic (exact) mass is 328 g/mol. The van der Waals surface area contributed by atoms with Crippen molar-refractivity contribution in [2.75, 3.05) is 13.2 Å². The molecule has 0 aromatic carbocycles. The van der Waals surface area contributed by atoms with Crippen LogP contribution >= 0.6 is 0 Å². The number of alkyl carbamates (subject to hydrolysis) is 1. The van der Waals surface area contributed by atoms with Crippen LogP contribution < -0.4 is 10.6 Å². The molecule has 1 saturated heterocycles. The van der Waals surface area contributed by atoms with Crippen molar-refractivity contribution in [1.82, 2.24) is 10.6 Å². The van der Waals surface area contributed by atoms with Gasteiger partial charge in [-0.05, 0) is 46.0 Å². The van der Waals surface area contributed by atoms with Crippen LogP contribution in [0.15, 0.2) is 0 Å². The average molecular weight is 328 g/mol. The predicted octanol–water partition coefficient (Wildman–Crippen LogP) is 2.61. The second-order valence-corrected chi connectivity index (χ2v) is 7.47. The highest BCUT2D eigenvalue weighted by Gasteiger charge is 2.22. The molecule has 1 rings (SSSR count). The summed E-state index contributed by atoms with van der Waals surface area (Å²) in [4.78, 5) is 23.8. The number of nitrogens with one attached hydrogen (secondary N) is 2. The van der Waals surface area contributed by atoms with Crippen LogP contribution in [0.5, 0.6) is 0 Å². The Morgan fingerprint density at radius 1 is 1.30 bits per heavy atom. The third-order valence-corrected chi connectivity index (χ3v) is 3.74. The van der Waals surface area contributed by atoms with E-state index in [2.05, 4.69) is 10.6 Å². The molecule has 6 nitrogen and oxygen atoms in total. The maximum Gasteiger partial charge on any atom is 0.407 e. The van der Waals surface area contributed by atoms with Crippen molar-refractivity contribution in [1.29, 1.82) is 0 Å². The van der Waals surface area contributed by atoms with Crippen LogP contribution in [0.25, 0.3) is 0 Å². The van der Waals surface area contributed by atoms with Crippen molar-refractivity contribution >= 4 is 12.0 Å². The van der Waals surface area contributed by atoms with E-state index in [4.69, 9.17) is 9.47 Å². The lowest BCUT2D eigenvalue weighted by atomic mass is 10.0. The van der Waals surface area contributed by atoms with Gasteiger partial charge in [0.15, 0.2) is 0 Å². The Morgan fingerprint density at radius 2 is 2.00 bits per heavy atom. The van der Waals surface area contributed by atoms with Crippen LogP contribution in [0.2, 0.25) is 0 Å². The molecule has 134 valence electrons. The van der Waals surface area contributed by atoms with Gasteiger partial charge < -0.3 is 20.1 Å². The average Bonchev–Trinajstić information content (AvgIpc) is 2.92. The number of amides is 2. The molecule has 0 spiro atoms. The first-order valence-corrected chi connectivity index (χ1v) is 8.55. The quantitative estimate of drug-likeness (QED) is 0.753. The minimum Gasteiger partial charge on any atom is -0.444 e. The van der Waals surface area contributed by atoms with Gasteiger partial charge in [-0.25, -0.2) is 4.79 Å². The summed E-state index contributed by atoms with van der Waals surface area (Å²) in [7, 11) is 0. The van der Waals surface area contributed by atoms with Gasteiger partial charge >= 0.3 is 6.09 Å². The normalized spacial score (nSPS) is 19.5. The number of hydrogen-bond donors (Lipinski definition) is 2. The fraction of sp³-hybridized carbons (Fsp3) is 0.882. The van der Waals surface area contributed by atoms with Crippen LogP contribution in [0.3, 0.4) is 0 Å². The molecule has 0 aromatic rings. The molecule has 0 aliphatic carbocycles. The number of carbonyl (C=O) groups is 2. The topological polar surface area (TPSA) is 76.7 Å². The van der Waals surface area contributed by atoms with Gasteiger partial charge in [0, 0.05) is 19.6 Å². The van der Waals surface area contributed by atoms with E-state index < -0.39 is 11.7 Å². The van der Waals surface area contributed by atoms with Crippen molar-refractivity contribution in [3.63, 3.8) is 0 Å². The SMILES string of the molecule is CC(C)C(CNC(=O)CCC1CCCO1)NC(=O)OC(C)(C)C. The lowest BCUT2D eigenvalue weighted by Crippen LogP contribution is -2.48. The van der Waals surface area contributed by atoms with Gasteiger partial charge in [-0.3, -0.25) is 4.79 Å². The van der Waals surface area contributed by atoms with Gasteiger partial charge in [0.2, 0.25) is 5.91 Å². The summed E-state index contributed by atoms with van der Waals surface area (Å²) < 4.78 is 10.8. The van der Waals surface area contributed by atoms with Crippen molar-refractivity contribution < 1.29 is 19.1 Å². The van der Waals surface area contributed by atoms with E-state index in [0.29, 0.717) is 13.0 Å². The van der Waals surface area contributed by atoms with Crippen molar-refractivity contribution in [3.05, 3.63) is 0 Å². The summed E-state index contributed by atoms with van der Waals surface area (Å²) in [6.45, 7) is 10.7. The lowest BCUT2D eigenvalue weighted by Gasteiger charge is -2.26. The Balaban J connectivity index is 2.31. The van der Waals surface area contributed by atoms with E-state index in [-0.39, 0.29) is 24.0 Å². The van der Waals surface area contributed by atoms with Gasteiger partial charge in [0.25, 0.3) is 0 Å². The van der Waals surface area contributed by atoms with Crippen LogP contribution in [0, 0.1) is 5.92 Å². The number of carbonyl (C=O) groups excluding carboxylic acids is 2. The third kappa shape index (κ3) is 8.79. The third-order valence-electron chi connectivity index (χ3n) is 3.74. The number of hydrogen-bond acceptors (Lipinski definition) is 4. The maximum absolute atomic E-state index is 11.9. The first-order chi connectivity index (χ1) is 10.7. The molecular formula is C17H32N2O4. The molecule has 0 saturated carbocycles. The summed E-state index contributed by atoms with van der Waals surface area (Å²) in [5, 5.41) is 5.72. The molecule has 1 aliphatic rings. The smallest absolute Gasteiger partial charge is 0.407 e. The van der Waals surface area contributed by atoms with E-state index in [0.717, 1.165) is 25.9 Å². The molecule has 23 heavy (non-hydrogen) atoms. The van der Waals surface area contributed by atoms with Crippen LogP contribution in [-0.4, -0.2) is 42.9 Å². The highest BCUT2D eigenvalue weighted by atomic mass is 16.6. The van der Waals surface area contributed by atoms with Crippen molar-refractivity contribution in [2.45, 2.75) is 78.0 Å². The number of rotatable bonds is 7. The molecule has 2 N–H and O–H groups in total. The van der Waals surface area contributed by atoms with E-state index in [1.54, 1.807) is 0 Å². The van der Waals surface area contributed by atoms with Gasteiger partial charge in [0.1, 0.15) is 5.60 Å². The second kappa shape index (κ2) is 9.11. The summed E-state index contributed by atoms with van der Waals surface area (Å²) in [6, 6.07) is -0.156. The molecular weight excluding hydrogens is 296 g/mol. The zero-order valence-corrected chi connectivity index (χ0v) is 15.1.